The Morgan fingerprint density at radius 3 is 1.82 bits per heavy atom. The molecule has 0 aliphatic rings. The van der Waals surface area contributed by atoms with Crippen LogP contribution >= 0.6 is 0 Å². The van der Waals surface area contributed by atoms with E-state index in [1.54, 1.807) is 46.6 Å². The largest absolute Gasteiger partial charge is 0.393 e. The Morgan fingerprint density at radius 1 is 0.882 bits per heavy atom. The van der Waals surface area contributed by atoms with Crippen molar-refractivity contribution < 1.29 is 0 Å². The molecule has 2 N–H and O–H groups in total. The van der Waals surface area contributed by atoms with E-state index < -0.39 is 0 Å². The number of rotatable bonds is 2. The average Bonchev–Trinajstić information content (AvgIpc) is 3.02. The van der Waals surface area contributed by atoms with Crippen LogP contribution in [0.5, 0.6) is 0 Å². The Morgan fingerprint density at radius 2 is 1.41 bits per heavy atom. The minimum atomic E-state index is 0.475. The molecule has 17 heavy (non-hydrogen) atoms. The van der Waals surface area contributed by atoms with Crippen LogP contribution in [-0.2, 0) is 0 Å². The van der Waals surface area contributed by atoms with Crippen LogP contribution in [0, 0.1) is 0 Å². The lowest BCUT2D eigenvalue weighted by Crippen LogP contribution is -2.07. The summed E-state index contributed by atoms with van der Waals surface area (Å²) in [6.45, 7) is 0. The van der Waals surface area contributed by atoms with Crippen LogP contribution in [0.3, 0.4) is 0 Å². The standard InChI is InChI=1S/C10H9N7/c11-8-9(16-3-1-12-6-16)14-5-15-10(8)17-4-2-13-7-17/h1-7H,11H2. The first-order valence-corrected chi connectivity index (χ1v) is 4.93. The molecule has 0 atom stereocenters. The van der Waals surface area contributed by atoms with Crippen LogP contribution < -0.4 is 5.73 Å². The Kier molecular flexibility index (Phi) is 2.08. The summed E-state index contributed by atoms with van der Waals surface area (Å²) in [6.07, 6.45) is 11.6. The van der Waals surface area contributed by atoms with Crippen molar-refractivity contribution >= 4 is 5.69 Å². The van der Waals surface area contributed by atoms with Crippen LogP contribution in [0.4, 0.5) is 5.69 Å². The summed E-state index contributed by atoms with van der Waals surface area (Å²) in [6, 6.07) is 0. The highest BCUT2D eigenvalue weighted by molar-refractivity contribution is 5.63. The van der Waals surface area contributed by atoms with Gasteiger partial charge in [0.1, 0.15) is 24.7 Å². The van der Waals surface area contributed by atoms with Crippen molar-refractivity contribution in [2.24, 2.45) is 0 Å². The smallest absolute Gasteiger partial charge is 0.166 e. The molecule has 7 nitrogen and oxygen atoms in total. The van der Waals surface area contributed by atoms with Crippen LogP contribution in [0.15, 0.2) is 43.8 Å². The fourth-order valence-corrected chi connectivity index (χ4v) is 1.56. The molecule has 0 saturated heterocycles. The van der Waals surface area contributed by atoms with E-state index in [-0.39, 0.29) is 0 Å². The SMILES string of the molecule is Nc1c(-n2ccnc2)ncnc1-n1ccnc1. The molecule has 3 rings (SSSR count). The Labute approximate surface area is 96.6 Å². The maximum absolute atomic E-state index is 6.04. The molecule has 0 radical (unpaired) electrons. The van der Waals surface area contributed by atoms with Crippen molar-refractivity contribution in [3.8, 4) is 11.6 Å². The molecular weight excluding hydrogens is 218 g/mol. The third kappa shape index (κ3) is 1.53. The average molecular weight is 227 g/mol. The van der Waals surface area contributed by atoms with Gasteiger partial charge >= 0.3 is 0 Å². The summed E-state index contributed by atoms with van der Waals surface area (Å²) in [5.74, 6) is 1.20. The third-order valence-corrected chi connectivity index (χ3v) is 2.34. The number of aromatic nitrogens is 6. The lowest BCUT2D eigenvalue weighted by Gasteiger charge is -2.09. The van der Waals surface area contributed by atoms with Gasteiger partial charge in [-0.15, -0.1) is 0 Å². The molecule has 0 saturated carbocycles. The molecule has 0 aliphatic carbocycles. The van der Waals surface area contributed by atoms with E-state index in [1.807, 2.05) is 0 Å². The van der Waals surface area contributed by atoms with Crippen molar-refractivity contribution in [2.45, 2.75) is 0 Å². The van der Waals surface area contributed by atoms with Crippen LogP contribution in [0.25, 0.3) is 11.6 Å². The highest BCUT2D eigenvalue weighted by Crippen LogP contribution is 2.19. The van der Waals surface area contributed by atoms with Gasteiger partial charge in [0.15, 0.2) is 11.6 Å². The van der Waals surface area contributed by atoms with Gasteiger partial charge in [0.25, 0.3) is 0 Å². The van der Waals surface area contributed by atoms with E-state index in [9.17, 15) is 0 Å². The summed E-state index contributed by atoms with van der Waals surface area (Å²) in [5, 5.41) is 0. The zero-order valence-corrected chi connectivity index (χ0v) is 8.80. The fraction of sp³-hybridized carbons (Fsp3) is 0. The second-order valence-corrected chi connectivity index (χ2v) is 3.37. The molecule has 0 aromatic carbocycles. The van der Waals surface area contributed by atoms with Crippen LogP contribution in [0.1, 0.15) is 0 Å². The van der Waals surface area contributed by atoms with E-state index in [0.29, 0.717) is 17.3 Å². The molecule has 0 unspecified atom stereocenters. The van der Waals surface area contributed by atoms with Gasteiger partial charge in [-0.3, -0.25) is 9.13 Å². The molecule has 3 heterocycles. The summed E-state index contributed by atoms with van der Waals surface area (Å²) in [7, 11) is 0. The monoisotopic (exact) mass is 227 g/mol. The number of hydrogen-bond donors (Lipinski definition) is 1. The highest BCUT2D eigenvalue weighted by atomic mass is 15.2. The van der Waals surface area contributed by atoms with Crippen molar-refractivity contribution in [3.63, 3.8) is 0 Å². The van der Waals surface area contributed by atoms with Crippen molar-refractivity contribution in [2.75, 3.05) is 5.73 Å². The van der Waals surface area contributed by atoms with Crippen LogP contribution in [0.2, 0.25) is 0 Å². The predicted molar refractivity (Wildman–Crippen MR) is 60.7 cm³/mol. The quantitative estimate of drug-likeness (QED) is 0.686. The Balaban J connectivity index is 2.17. The number of nitrogens with zero attached hydrogens (tertiary/aromatic N) is 6. The van der Waals surface area contributed by atoms with Gasteiger partial charge in [0.05, 0.1) is 0 Å². The predicted octanol–water partition coefficient (Wildman–Crippen LogP) is 0.430. The second-order valence-electron chi connectivity index (χ2n) is 3.37. The first-order chi connectivity index (χ1) is 8.36. The van der Waals surface area contributed by atoms with Gasteiger partial charge < -0.3 is 5.73 Å². The number of imidazole rings is 2. The molecule has 7 heteroatoms. The normalized spacial score (nSPS) is 10.6. The maximum atomic E-state index is 6.04. The maximum Gasteiger partial charge on any atom is 0.166 e. The first-order valence-electron chi connectivity index (χ1n) is 4.93. The number of anilines is 1. The molecule has 0 fully saturated rings. The molecule has 84 valence electrons. The summed E-state index contributed by atoms with van der Waals surface area (Å²) >= 11 is 0. The lowest BCUT2D eigenvalue weighted by molar-refractivity contribution is 0.929. The Hall–Kier alpha value is -2.70. The van der Waals surface area contributed by atoms with Gasteiger partial charge in [0.2, 0.25) is 0 Å². The summed E-state index contributed by atoms with van der Waals surface area (Å²) in [5.41, 5.74) is 6.52. The van der Waals surface area contributed by atoms with Crippen molar-refractivity contribution in [3.05, 3.63) is 43.8 Å². The number of hydrogen-bond acceptors (Lipinski definition) is 5. The fourth-order valence-electron chi connectivity index (χ4n) is 1.56. The molecule has 3 aromatic rings. The van der Waals surface area contributed by atoms with E-state index in [0.717, 1.165) is 0 Å². The van der Waals surface area contributed by atoms with Crippen LogP contribution in [-0.4, -0.2) is 29.1 Å². The summed E-state index contributed by atoms with van der Waals surface area (Å²) < 4.78 is 3.47. The molecule has 3 aromatic heterocycles. The minimum absolute atomic E-state index is 0.475. The molecule has 0 bridgehead atoms. The lowest BCUT2D eigenvalue weighted by atomic mass is 10.4. The van der Waals surface area contributed by atoms with Gasteiger partial charge in [-0.05, 0) is 0 Å². The highest BCUT2D eigenvalue weighted by Gasteiger charge is 2.10. The Bertz CT molecular complexity index is 560. The van der Waals surface area contributed by atoms with Gasteiger partial charge in [-0.2, -0.15) is 0 Å². The molecule has 0 aliphatic heterocycles. The topological polar surface area (TPSA) is 87.4 Å². The van der Waals surface area contributed by atoms with E-state index in [4.69, 9.17) is 5.73 Å². The first kappa shape index (κ1) is 9.52. The molecule has 0 amide bonds. The van der Waals surface area contributed by atoms with E-state index in [1.165, 1.54) is 6.33 Å². The second kappa shape index (κ2) is 3.71. The zero-order chi connectivity index (χ0) is 11.7. The van der Waals surface area contributed by atoms with E-state index in [2.05, 4.69) is 19.9 Å². The molecule has 0 spiro atoms. The van der Waals surface area contributed by atoms with Crippen molar-refractivity contribution in [1.82, 2.24) is 29.1 Å². The number of nitrogen functional groups attached to an aromatic ring is 1. The minimum Gasteiger partial charge on any atom is -0.393 e. The third-order valence-electron chi connectivity index (χ3n) is 2.34. The van der Waals surface area contributed by atoms with Crippen molar-refractivity contribution in [1.29, 1.82) is 0 Å². The summed E-state index contributed by atoms with van der Waals surface area (Å²) in [4.78, 5) is 16.2. The van der Waals surface area contributed by atoms with Gasteiger partial charge in [-0.1, -0.05) is 0 Å². The number of nitrogens with two attached hydrogens (primary N) is 1. The molecular formula is C10H9N7. The van der Waals surface area contributed by atoms with Gasteiger partial charge in [0, 0.05) is 24.8 Å². The zero-order valence-electron chi connectivity index (χ0n) is 8.80. The van der Waals surface area contributed by atoms with E-state index >= 15 is 0 Å². The van der Waals surface area contributed by atoms with Gasteiger partial charge in [-0.25, -0.2) is 19.9 Å².